The molecule has 4 rings (SSSR count). The fourth-order valence-corrected chi connectivity index (χ4v) is 3.82. The van der Waals surface area contributed by atoms with Gasteiger partial charge in [0.25, 0.3) is 5.91 Å². The van der Waals surface area contributed by atoms with Crippen molar-refractivity contribution in [1.29, 1.82) is 0 Å². The van der Waals surface area contributed by atoms with Gasteiger partial charge in [0.15, 0.2) is 11.7 Å². The van der Waals surface area contributed by atoms with Gasteiger partial charge in [-0.1, -0.05) is 41.1 Å². The summed E-state index contributed by atoms with van der Waals surface area (Å²) in [6.07, 6.45) is 1.58. The first-order valence-electron chi connectivity index (χ1n) is 8.26. The Morgan fingerprint density at radius 3 is 2.78 bits per heavy atom. The van der Waals surface area contributed by atoms with E-state index in [2.05, 4.69) is 4.98 Å². The standard InChI is InChI=1S/C20H15ClN2O3S/c21-14-8-9-17-18(11-14)27-20(22-17)23(12-16-7-4-10-25-16)19(24)13-26-15-5-2-1-3-6-15/h1-11H,12-13H2. The lowest BCUT2D eigenvalue weighted by Gasteiger charge is -2.19. The van der Waals surface area contributed by atoms with Crippen LogP contribution in [0, 0.1) is 0 Å². The topological polar surface area (TPSA) is 55.6 Å². The lowest BCUT2D eigenvalue weighted by Crippen LogP contribution is -2.34. The van der Waals surface area contributed by atoms with E-state index in [4.69, 9.17) is 20.8 Å². The molecule has 5 nitrogen and oxygen atoms in total. The first kappa shape index (κ1) is 17.6. The normalized spacial score (nSPS) is 10.9. The van der Waals surface area contributed by atoms with Gasteiger partial charge in [0.05, 0.1) is 23.0 Å². The Kier molecular flexibility index (Phi) is 5.09. The summed E-state index contributed by atoms with van der Waals surface area (Å²) >= 11 is 7.47. The predicted molar refractivity (Wildman–Crippen MR) is 106 cm³/mol. The fourth-order valence-electron chi connectivity index (χ4n) is 2.56. The second-order valence-electron chi connectivity index (χ2n) is 5.77. The molecule has 2 aromatic heterocycles. The number of fused-ring (bicyclic) bond motifs is 1. The Balaban J connectivity index is 1.60. The third-order valence-corrected chi connectivity index (χ3v) is 5.15. The largest absolute Gasteiger partial charge is 0.484 e. The van der Waals surface area contributed by atoms with Crippen molar-refractivity contribution in [2.24, 2.45) is 0 Å². The molecule has 0 aliphatic heterocycles. The highest BCUT2D eigenvalue weighted by atomic mass is 35.5. The summed E-state index contributed by atoms with van der Waals surface area (Å²) in [5.41, 5.74) is 0.792. The van der Waals surface area contributed by atoms with Gasteiger partial charge >= 0.3 is 0 Å². The number of amides is 1. The number of ether oxygens (including phenoxy) is 1. The second-order valence-corrected chi connectivity index (χ2v) is 7.21. The molecule has 0 bridgehead atoms. The maximum absolute atomic E-state index is 12.9. The summed E-state index contributed by atoms with van der Waals surface area (Å²) in [4.78, 5) is 19.0. The van der Waals surface area contributed by atoms with E-state index in [9.17, 15) is 4.79 Å². The van der Waals surface area contributed by atoms with Crippen LogP contribution in [0.3, 0.4) is 0 Å². The van der Waals surface area contributed by atoms with Crippen molar-refractivity contribution in [3.05, 3.63) is 77.7 Å². The molecule has 0 saturated heterocycles. The molecule has 4 aromatic rings. The number of aromatic nitrogens is 1. The fraction of sp³-hybridized carbons (Fsp3) is 0.100. The Bertz CT molecular complexity index is 1050. The quantitative estimate of drug-likeness (QED) is 0.450. The Hall–Kier alpha value is -2.83. The van der Waals surface area contributed by atoms with Gasteiger partial charge in [0.1, 0.15) is 11.5 Å². The third kappa shape index (κ3) is 4.13. The van der Waals surface area contributed by atoms with Crippen LogP contribution < -0.4 is 9.64 Å². The highest BCUT2D eigenvalue weighted by molar-refractivity contribution is 7.22. The number of carbonyl (C=O) groups excluding carboxylic acids is 1. The molecule has 0 aliphatic carbocycles. The van der Waals surface area contributed by atoms with Gasteiger partial charge in [0.2, 0.25) is 0 Å². The number of halogens is 1. The predicted octanol–water partition coefficient (Wildman–Crippen LogP) is 5.15. The highest BCUT2D eigenvalue weighted by Gasteiger charge is 2.22. The number of hydrogen-bond donors (Lipinski definition) is 0. The van der Waals surface area contributed by atoms with E-state index in [0.717, 1.165) is 10.2 Å². The van der Waals surface area contributed by atoms with E-state index < -0.39 is 0 Å². The summed E-state index contributed by atoms with van der Waals surface area (Å²) in [5, 5.41) is 1.21. The van der Waals surface area contributed by atoms with Crippen molar-refractivity contribution in [3.8, 4) is 5.75 Å². The number of hydrogen-bond acceptors (Lipinski definition) is 5. The maximum Gasteiger partial charge on any atom is 0.267 e. The van der Waals surface area contributed by atoms with Crippen LogP contribution in [0.25, 0.3) is 10.2 Å². The Labute approximate surface area is 164 Å². The lowest BCUT2D eigenvalue weighted by atomic mass is 10.3. The summed E-state index contributed by atoms with van der Waals surface area (Å²) < 4.78 is 11.9. The molecule has 2 aromatic carbocycles. The first-order chi connectivity index (χ1) is 13.2. The smallest absolute Gasteiger partial charge is 0.267 e. The minimum absolute atomic E-state index is 0.0958. The summed E-state index contributed by atoms with van der Waals surface area (Å²) in [7, 11) is 0. The van der Waals surface area contributed by atoms with Crippen molar-refractivity contribution in [2.75, 3.05) is 11.5 Å². The van der Waals surface area contributed by atoms with E-state index in [1.807, 2.05) is 48.5 Å². The molecule has 0 saturated carbocycles. The lowest BCUT2D eigenvalue weighted by molar-refractivity contribution is -0.120. The van der Waals surface area contributed by atoms with Crippen LogP contribution in [-0.2, 0) is 11.3 Å². The number of nitrogens with zero attached hydrogens (tertiary/aromatic N) is 2. The zero-order chi connectivity index (χ0) is 18.6. The maximum atomic E-state index is 12.9. The molecule has 0 atom stereocenters. The van der Waals surface area contributed by atoms with Crippen LogP contribution in [-0.4, -0.2) is 17.5 Å². The van der Waals surface area contributed by atoms with E-state index in [0.29, 0.717) is 21.7 Å². The number of anilines is 1. The zero-order valence-corrected chi connectivity index (χ0v) is 15.7. The SMILES string of the molecule is O=C(COc1ccccc1)N(Cc1ccco1)c1nc2ccc(Cl)cc2s1. The van der Waals surface area contributed by atoms with E-state index in [1.54, 1.807) is 23.3 Å². The second kappa shape index (κ2) is 7.82. The zero-order valence-electron chi connectivity index (χ0n) is 14.2. The molecule has 0 spiro atoms. The Morgan fingerprint density at radius 1 is 1.15 bits per heavy atom. The number of thiazole rings is 1. The van der Waals surface area contributed by atoms with Gasteiger partial charge in [-0.15, -0.1) is 0 Å². The third-order valence-electron chi connectivity index (χ3n) is 3.87. The van der Waals surface area contributed by atoms with Crippen molar-refractivity contribution in [3.63, 3.8) is 0 Å². The minimum Gasteiger partial charge on any atom is -0.484 e. The van der Waals surface area contributed by atoms with Gasteiger partial charge < -0.3 is 9.15 Å². The van der Waals surface area contributed by atoms with Crippen molar-refractivity contribution in [2.45, 2.75) is 6.54 Å². The molecule has 0 aliphatic rings. The van der Waals surface area contributed by atoms with Gasteiger partial charge in [-0.3, -0.25) is 9.69 Å². The number of benzene rings is 2. The molecule has 136 valence electrons. The molecule has 0 unspecified atom stereocenters. The number of furan rings is 1. The van der Waals surface area contributed by atoms with E-state index in [1.165, 1.54) is 11.3 Å². The van der Waals surface area contributed by atoms with Gasteiger partial charge in [-0.2, -0.15) is 0 Å². The molecule has 0 N–H and O–H groups in total. The molecule has 27 heavy (non-hydrogen) atoms. The van der Waals surface area contributed by atoms with E-state index in [-0.39, 0.29) is 19.1 Å². The van der Waals surface area contributed by atoms with Crippen LogP contribution in [0.2, 0.25) is 5.02 Å². The number of rotatable bonds is 6. The molecule has 1 amide bonds. The molecular formula is C20H15ClN2O3S. The Morgan fingerprint density at radius 2 is 2.00 bits per heavy atom. The molecular weight excluding hydrogens is 384 g/mol. The first-order valence-corrected chi connectivity index (χ1v) is 9.45. The molecule has 7 heteroatoms. The summed E-state index contributed by atoms with van der Waals surface area (Å²) in [6.45, 7) is 0.180. The van der Waals surface area contributed by atoms with Crippen molar-refractivity contribution in [1.82, 2.24) is 4.98 Å². The van der Waals surface area contributed by atoms with Crippen molar-refractivity contribution >= 4 is 44.2 Å². The average molecular weight is 399 g/mol. The van der Waals surface area contributed by atoms with Crippen LogP contribution in [0.4, 0.5) is 5.13 Å². The van der Waals surface area contributed by atoms with Crippen LogP contribution >= 0.6 is 22.9 Å². The number of carbonyl (C=O) groups is 1. The highest BCUT2D eigenvalue weighted by Crippen LogP contribution is 2.31. The molecule has 0 fully saturated rings. The number of para-hydroxylation sites is 1. The summed E-state index contributed by atoms with van der Waals surface area (Å²) in [5.74, 6) is 1.10. The summed E-state index contributed by atoms with van der Waals surface area (Å²) in [6, 6.07) is 18.3. The van der Waals surface area contributed by atoms with Gasteiger partial charge in [0, 0.05) is 5.02 Å². The molecule has 0 radical (unpaired) electrons. The average Bonchev–Trinajstić information content (AvgIpc) is 3.34. The minimum atomic E-state index is -0.208. The van der Waals surface area contributed by atoms with Crippen LogP contribution in [0.15, 0.2) is 71.3 Å². The van der Waals surface area contributed by atoms with Crippen molar-refractivity contribution < 1.29 is 13.9 Å². The molecule has 2 heterocycles. The van der Waals surface area contributed by atoms with Crippen LogP contribution in [0.1, 0.15) is 5.76 Å². The van der Waals surface area contributed by atoms with Gasteiger partial charge in [-0.05, 0) is 42.5 Å². The van der Waals surface area contributed by atoms with E-state index >= 15 is 0 Å². The van der Waals surface area contributed by atoms with Gasteiger partial charge in [-0.25, -0.2) is 4.98 Å². The monoisotopic (exact) mass is 398 g/mol. The van der Waals surface area contributed by atoms with Crippen LogP contribution in [0.5, 0.6) is 5.75 Å².